The van der Waals surface area contributed by atoms with Crippen molar-refractivity contribution >= 4 is 23.5 Å². The summed E-state index contributed by atoms with van der Waals surface area (Å²) in [6, 6.07) is 2.20. The van der Waals surface area contributed by atoms with E-state index in [9.17, 15) is 14.0 Å². The first-order valence-electron chi connectivity index (χ1n) is 9.46. The SMILES string of the molecule is CC1CCC(C(C)C)C(OC(=O)C2OC(Nc3[nH]c(=O)ccc3F)CS2)C1. The van der Waals surface area contributed by atoms with Crippen molar-refractivity contribution < 1.29 is 18.7 Å². The average molecular weight is 399 g/mol. The van der Waals surface area contributed by atoms with Gasteiger partial charge in [-0.25, -0.2) is 9.18 Å². The number of thioether (sulfide) groups is 1. The number of hydrogen-bond donors (Lipinski definition) is 2. The topological polar surface area (TPSA) is 80.4 Å². The summed E-state index contributed by atoms with van der Waals surface area (Å²) in [5.41, 5.74) is -1.15. The molecule has 2 N–H and O–H groups in total. The van der Waals surface area contributed by atoms with Gasteiger partial charge in [-0.2, -0.15) is 0 Å². The number of carbonyl (C=O) groups excluding carboxylic acids is 1. The van der Waals surface area contributed by atoms with Crippen molar-refractivity contribution in [3.8, 4) is 0 Å². The number of rotatable bonds is 5. The molecule has 2 heterocycles. The van der Waals surface area contributed by atoms with Crippen molar-refractivity contribution in [2.24, 2.45) is 17.8 Å². The third kappa shape index (κ3) is 5.04. The number of halogens is 1. The van der Waals surface area contributed by atoms with E-state index in [1.807, 2.05) is 0 Å². The van der Waals surface area contributed by atoms with E-state index in [0.717, 1.165) is 25.0 Å². The quantitative estimate of drug-likeness (QED) is 0.741. The number of H-pyrrole nitrogens is 1. The molecular weight excluding hydrogens is 371 g/mol. The van der Waals surface area contributed by atoms with Gasteiger partial charge in [-0.1, -0.05) is 27.2 Å². The summed E-state index contributed by atoms with van der Waals surface area (Å²) in [6.07, 6.45) is 2.45. The molecule has 1 saturated carbocycles. The number of nitrogens with one attached hydrogen (secondary N) is 2. The Morgan fingerprint density at radius 2 is 2.19 bits per heavy atom. The van der Waals surface area contributed by atoms with E-state index in [1.165, 1.54) is 18.2 Å². The molecule has 1 aromatic rings. The van der Waals surface area contributed by atoms with Gasteiger partial charge in [0.25, 0.3) is 0 Å². The minimum Gasteiger partial charge on any atom is -0.459 e. The van der Waals surface area contributed by atoms with Crippen molar-refractivity contribution in [3.05, 3.63) is 28.3 Å². The molecule has 1 saturated heterocycles. The number of hydrogen-bond acceptors (Lipinski definition) is 6. The van der Waals surface area contributed by atoms with E-state index < -0.39 is 23.0 Å². The molecular formula is C19H27FN2O4S. The van der Waals surface area contributed by atoms with Gasteiger partial charge in [-0.15, -0.1) is 11.8 Å². The number of esters is 1. The molecule has 27 heavy (non-hydrogen) atoms. The number of aromatic nitrogens is 1. The molecule has 150 valence electrons. The summed E-state index contributed by atoms with van der Waals surface area (Å²) >= 11 is 1.31. The minimum atomic E-state index is -0.744. The Bertz CT molecular complexity index is 726. The molecule has 0 amide bonds. The van der Waals surface area contributed by atoms with Crippen LogP contribution in [0.15, 0.2) is 16.9 Å². The Balaban J connectivity index is 1.57. The van der Waals surface area contributed by atoms with Crippen molar-refractivity contribution in [2.75, 3.05) is 11.1 Å². The Hall–Kier alpha value is -1.54. The zero-order valence-electron chi connectivity index (χ0n) is 15.9. The summed E-state index contributed by atoms with van der Waals surface area (Å²) in [4.78, 5) is 26.3. The zero-order chi connectivity index (χ0) is 19.6. The van der Waals surface area contributed by atoms with Gasteiger partial charge in [0, 0.05) is 11.8 Å². The Kier molecular flexibility index (Phi) is 6.47. The minimum absolute atomic E-state index is 0.0388. The molecule has 5 atom stereocenters. The van der Waals surface area contributed by atoms with E-state index in [2.05, 4.69) is 31.1 Å². The van der Waals surface area contributed by atoms with Gasteiger partial charge in [0.2, 0.25) is 11.0 Å². The lowest BCUT2D eigenvalue weighted by Crippen LogP contribution is -2.38. The first-order chi connectivity index (χ1) is 12.8. The largest absolute Gasteiger partial charge is 0.459 e. The molecule has 0 bridgehead atoms. The van der Waals surface area contributed by atoms with Crippen LogP contribution in [0.2, 0.25) is 0 Å². The van der Waals surface area contributed by atoms with E-state index in [0.29, 0.717) is 23.5 Å². The Labute approximate surface area is 162 Å². The monoisotopic (exact) mass is 398 g/mol. The third-order valence-electron chi connectivity index (χ3n) is 5.28. The highest BCUT2D eigenvalue weighted by molar-refractivity contribution is 8.00. The normalized spacial score (nSPS) is 31.1. The fraction of sp³-hybridized carbons (Fsp3) is 0.684. The fourth-order valence-corrected chi connectivity index (χ4v) is 4.70. The lowest BCUT2D eigenvalue weighted by molar-refractivity contribution is -0.164. The van der Waals surface area contributed by atoms with Crippen LogP contribution >= 0.6 is 11.8 Å². The first kappa shape index (κ1) is 20.2. The molecule has 3 rings (SSSR count). The third-order valence-corrected chi connectivity index (χ3v) is 6.38. The van der Waals surface area contributed by atoms with Gasteiger partial charge < -0.3 is 19.8 Å². The molecule has 1 aliphatic carbocycles. The van der Waals surface area contributed by atoms with E-state index in [-0.39, 0.29) is 17.9 Å². The maximum absolute atomic E-state index is 13.8. The summed E-state index contributed by atoms with van der Waals surface area (Å²) in [5, 5.41) is 2.79. The lowest BCUT2D eigenvalue weighted by atomic mass is 9.75. The van der Waals surface area contributed by atoms with Crippen molar-refractivity contribution in [3.63, 3.8) is 0 Å². The fourth-order valence-electron chi connectivity index (χ4n) is 3.78. The Morgan fingerprint density at radius 3 is 2.93 bits per heavy atom. The number of anilines is 1. The van der Waals surface area contributed by atoms with E-state index in [4.69, 9.17) is 9.47 Å². The van der Waals surface area contributed by atoms with E-state index >= 15 is 0 Å². The molecule has 0 spiro atoms. The maximum atomic E-state index is 13.8. The zero-order valence-corrected chi connectivity index (χ0v) is 16.7. The summed E-state index contributed by atoms with van der Waals surface area (Å²) in [7, 11) is 0. The highest BCUT2D eigenvalue weighted by Crippen LogP contribution is 2.36. The summed E-state index contributed by atoms with van der Waals surface area (Å²) in [6.45, 7) is 6.52. The van der Waals surface area contributed by atoms with Crippen LogP contribution in [0, 0.1) is 23.6 Å². The predicted molar refractivity (Wildman–Crippen MR) is 103 cm³/mol. The van der Waals surface area contributed by atoms with Gasteiger partial charge in [-0.05, 0) is 36.7 Å². The van der Waals surface area contributed by atoms with Gasteiger partial charge in [0.15, 0.2) is 5.82 Å². The molecule has 1 aromatic heterocycles. The van der Waals surface area contributed by atoms with Crippen LogP contribution in [0.5, 0.6) is 0 Å². The Morgan fingerprint density at radius 1 is 1.41 bits per heavy atom. The van der Waals surface area contributed by atoms with Crippen molar-refractivity contribution in [2.45, 2.75) is 57.8 Å². The molecule has 0 radical (unpaired) electrons. The number of carbonyl (C=O) groups is 1. The first-order valence-corrected chi connectivity index (χ1v) is 10.5. The highest BCUT2D eigenvalue weighted by atomic mass is 32.2. The number of ether oxygens (including phenoxy) is 2. The second-order valence-corrected chi connectivity index (χ2v) is 8.88. The lowest BCUT2D eigenvalue weighted by Gasteiger charge is -2.37. The van der Waals surface area contributed by atoms with Gasteiger partial charge in [0.05, 0.1) is 0 Å². The number of aromatic amines is 1. The molecule has 2 aliphatic rings. The van der Waals surface area contributed by atoms with Crippen molar-refractivity contribution in [1.82, 2.24) is 4.98 Å². The van der Waals surface area contributed by atoms with Crippen LogP contribution in [0.4, 0.5) is 10.2 Å². The second kappa shape index (κ2) is 8.65. The molecule has 2 fully saturated rings. The van der Waals surface area contributed by atoms with Crippen LogP contribution in [0.3, 0.4) is 0 Å². The molecule has 0 aromatic carbocycles. The second-order valence-electron chi connectivity index (χ2n) is 7.78. The standard InChI is InChI=1S/C19H27FN2O4S/c1-10(2)12-5-4-11(3)8-14(12)25-18(24)19-26-16(9-27-19)22-17-13(20)6-7-15(23)21-17/h6-7,10-12,14,16,19H,4-5,8-9H2,1-3H3,(H2,21,22,23). The number of pyridine rings is 1. The van der Waals surface area contributed by atoms with Gasteiger partial charge >= 0.3 is 5.97 Å². The average Bonchev–Trinajstić information content (AvgIpc) is 3.06. The van der Waals surface area contributed by atoms with Crippen LogP contribution < -0.4 is 10.9 Å². The van der Waals surface area contributed by atoms with Crippen LogP contribution in [-0.2, 0) is 14.3 Å². The van der Waals surface area contributed by atoms with Crippen LogP contribution in [0.25, 0.3) is 0 Å². The van der Waals surface area contributed by atoms with Crippen LogP contribution in [-0.4, -0.2) is 34.5 Å². The van der Waals surface area contributed by atoms with Gasteiger partial charge in [-0.3, -0.25) is 4.79 Å². The summed E-state index contributed by atoms with van der Waals surface area (Å²) in [5.74, 6) is 0.825. The maximum Gasteiger partial charge on any atom is 0.346 e. The smallest absolute Gasteiger partial charge is 0.346 e. The molecule has 5 unspecified atom stereocenters. The van der Waals surface area contributed by atoms with Crippen LogP contribution in [0.1, 0.15) is 40.0 Å². The molecule has 6 nitrogen and oxygen atoms in total. The van der Waals surface area contributed by atoms with Gasteiger partial charge in [0.1, 0.15) is 18.1 Å². The highest BCUT2D eigenvalue weighted by Gasteiger charge is 2.38. The predicted octanol–water partition coefficient (Wildman–Crippen LogP) is 3.35. The van der Waals surface area contributed by atoms with Crippen molar-refractivity contribution in [1.29, 1.82) is 0 Å². The van der Waals surface area contributed by atoms with E-state index in [1.54, 1.807) is 0 Å². The summed E-state index contributed by atoms with van der Waals surface area (Å²) < 4.78 is 25.2. The molecule has 1 aliphatic heterocycles. The molecule has 8 heteroatoms.